The molecule has 0 aliphatic carbocycles. The number of rotatable bonds is 11. The molecule has 0 fully saturated rings. The highest BCUT2D eigenvalue weighted by molar-refractivity contribution is 6.09. The summed E-state index contributed by atoms with van der Waals surface area (Å²) in [5.74, 6) is 0.0485. The van der Waals surface area contributed by atoms with Crippen molar-refractivity contribution in [3.63, 3.8) is 0 Å². The molecule has 0 atom stereocenters. The van der Waals surface area contributed by atoms with E-state index in [1.165, 1.54) is 12.3 Å². The van der Waals surface area contributed by atoms with Gasteiger partial charge in [-0.2, -0.15) is 0 Å². The number of carboxylic acid groups (broad SMARTS) is 1. The molecular weight excluding hydrogens is 462 g/mol. The summed E-state index contributed by atoms with van der Waals surface area (Å²) in [6.45, 7) is 27.4. The van der Waals surface area contributed by atoms with Crippen LogP contribution in [0.25, 0.3) is 5.57 Å². The predicted octanol–water partition coefficient (Wildman–Crippen LogP) is 9.47. The fourth-order valence-electron chi connectivity index (χ4n) is 2.44. The lowest BCUT2D eigenvalue weighted by molar-refractivity contribution is -0.132. The molecule has 1 rings (SSSR count). The molecule has 5 nitrogen and oxygen atoms in total. The number of aliphatic imine (C=N–C) groups is 1. The number of ether oxygens (including phenoxy) is 1. The van der Waals surface area contributed by atoms with Crippen molar-refractivity contribution in [2.75, 3.05) is 13.2 Å². The second-order valence-electron chi connectivity index (χ2n) is 8.40. The number of allylic oxidation sites excluding steroid dienone is 5. The molecule has 0 aromatic heterocycles. The van der Waals surface area contributed by atoms with Crippen molar-refractivity contribution >= 4 is 17.8 Å². The van der Waals surface area contributed by atoms with Crippen LogP contribution in [0.3, 0.4) is 0 Å². The average Bonchev–Trinajstić information content (AvgIpc) is 2.87. The van der Waals surface area contributed by atoms with Crippen molar-refractivity contribution in [2.24, 2.45) is 10.9 Å². The van der Waals surface area contributed by atoms with Gasteiger partial charge in [0.15, 0.2) is 0 Å². The lowest BCUT2D eigenvalue weighted by Gasteiger charge is -2.12. The van der Waals surface area contributed by atoms with E-state index in [4.69, 9.17) is 4.74 Å². The molecule has 0 spiro atoms. The minimum Gasteiger partial charge on any atom is -0.507 e. The zero-order valence-corrected chi connectivity index (χ0v) is 25.3. The number of aliphatic hydroxyl groups is 1. The number of aliphatic carboxylic acids is 1. The van der Waals surface area contributed by atoms with Gasteiger partial charge in [0, 0.05) is 18.3 Å². The Balaban J connectivity index is -0.00000128. The summed E-state index contributed by atoms with van der Waals surface area (Å²) in [6.07, 6.45) is 6.23. The third-order valence-corrected chi connectivity index (χ3v) is 4.14. The number of nitrogens with zero attached hydrogens (tertiary/aromatic N) is 1. The molecule has 0 aliphatic heterocycles. The Kier molecular flexibility index (Phi) is 25.6. The van der Waals surface area contributed by atoms with E-state index in [0.29, 0.717) is 13.2 Å². The van der Waals surface area contributed by atoms with Gasteiger partial charge in [-0.25, -0.2) is 4.79 Å². The van der Waals surface area contributed by atoms with E-state index < -0.39 is 5.97 Å². The predicted molar refractivity (Wildman–Crippen MR) is 163 cm³/mol. The Hall–Kier alpha value is -3.08. The van der Waals surface area contributed by atoms with Crippen LogP contribution in [0.4, 0.5) is 0 Å². The van der Waals surface area contributed by atoms with Crippen molar-refractivity contribution in [2.45, 2.75) is 89.0 Å². The molecule has 0 unspecified atom stereocenters. The number of carbonyl (C=O) groups is 1. The zero-order chi connectivity index (χ0) is 29.4. The summed E-state index contributed by atoms with van der Waals surface area (Å²) >= 11 is 0. The zero-order valence-electron chi connectivity index (χ0n) is 25.3. The van der Waals surface area contributed by atoms with Gasteiger partial charge in [-0.15, -0.1) is 0 Å². The van der Waals surface area contributed by atoms with Gasteiger partial charge in [0.05, 0.1) is 6.61 Å². The first kappa shape index (κ1) is 38.5. The standard InChI is InChI=1S/C24H31NO4.C4H10.2C2H6/c1-6-12-25-16-21(24(27)28)22(26)15-18(4)17(3)14-19(5)20-10-8-9-11-23(20)29-13-7-2;1-4(2)3;2*1-2/h8-11,14-16,26H,5-7,12-13H2,1-4H3,(H,27,28);4H,1-3H3;2*1-2H3/b17-14+,18-15+,22-21-,25-16?;;;. The van der Waals surface area contributed by atoms with E-state index in [1.54, 1.807) is 6.92 Å². The van der Waals surface area contributed by atoms with Crippen LogP contribution in [0.1, 0.15) is 94.6 Å². The minimum absolute atomic E-state index is 0.234. The fraction of sp³-hybridized carbons (Fsp3) is 0.500. The first-order valence-electron chi connectivity index (χ1n) is 13.5. The summed E-state index contributed by atoms with van der Waals surface area (Å²) in [5.41, 5.74) is 3.00. The fourth-order valence-corrected chi connectivity index (χ4v) is 2.44. The SMILES string of the molecule is C=C(/C=C(C)/C(C)=C/C(O)=C(\C=NCCC)C(=O)O)c1ccccc1OCCC.CC.CC.CC(C)C. The summed E-state index contributed by atoms with van der Waals surface area (Å²) in [5, 5.41) is 19.6. The molecule has 0 saturated heterocycles. The summed E-state index contributed by atoms with van der Waals surface area (Å²) in [7, 11) is 0. The van der Waals surface area contributed by atoms with Gasteiger partial charge in [-0.3, -0.25) is 4.99 Å². The van der Waals surface area contributed by atoms with E-state index in [9.17, 15) is 15.0 Å². The Morgan fingerprint density at radius 3 is 1.97 bits per heavy atom. The molecular formula is C32H53NO4. The van der Waals surface area contributed by atoms with E-state index in [2.05, 4.69) is 32.3 Å². The number of aliphatic hydroxyl groups excluding tert-OH is 1. The second kappa shape index (κ2) is 24.6. The lowest BCUT2D eigenvalue weighted by atomic mass is 10.00. The Bertz CT molecular complexity index is 887. The molecule has 0 amide bonds. The van der Waals surface area contributed by atoms with E-state index in [0.717, 1.165) is 46.8 Å². The van der Waals surface area contributed by atoms with Gasteiger partial charge in [0.2, 0.25) is 0 Å². The van der Waals surface area contributed by atoms with Gasteiger partial charge in [0.1, 0.15) is 17.1 Å². The van der Waals surface area contributed by atoms with Gasteiger partial charge in [-0.05, 0) is 61.5 Å². The quantitative estimate of drug-likeness (QED) is 0.133. The van der Waals surface area contributed by atoms with E-state index in [1.807, 2.05) is 78.8 Å². The molecule has 210 valence electrons. The van der Waals surface area contributed by atoms with Crippen molar-refractivity contribution in [3.8, 4) is 5.75 Å². The second-order valence-corrected chi connectivity index (χ2v) is 8.40. The smallest absolute Gasteiger partial charge is 0.341 e. The molecule has 1 aromatic carbocycles. The van der Waals surface area contributed by atoms with E-state index >= 15 is 0 Å². The van der Waals surface area contributed by atoms with Gasteiger partial charge >= 0.3 is 5.97 Å². The van der Waals surface area contributed by atoms with Gasteiger partial charge in [0.25, 0.3) is 0 Å². The van der Waals surface area contributed by atoms with E-state index in [-0.39, 0.29) is 11.3 Å². The highest BCUT2D eigenvalue weighted by Crippen LogP contribution is 2.28. The highest BCUT2D eigenvalue weighted by atomic mass is 16.5. The highest BCUT2D eigenvalue weighted by Gasteiger charge is 2.11. The van der Waals surface area contributed by atoms with Crippen LogP contribution in [-0.4, -0.2) is 35.5 Å². The maximum absolute atomic E-state index is 11.4. The number of para-hydroxylation sites is 1. The maximum Gasteiger partial charge on any atom is 0.341 e. The third kappa shape index (κ3) is 18.8. The first-order valence-corrected chi connectivity index (χ1v) is 13.5. The third-order valence-electron chi connectivity index (χ3n) is 4.14. The van der Waals surface area contributed by atoms with Gasteiger partial charge in [-0.1, -0.05) is 93.2 Å². The van der Waals surface area contributed by atoms with Crippen LogP contribution in [-0.2, 0) is 4.79 Å². The van der Waals surface area contributed by atoms with Crippen LogP contribution in [0.15, 0.2) is 70.5 Å². The van der Waals surface area contributed by atoms with Crippen LogP contribution in [0, 0.1) is 5.92 Å². The maximum atomic E-state index is 11.4. The molecule has 0 saturated carbocycles. The largest absolute Gasteiger partial charge is 0.507 e. The van der Waals surface area contributed by atoms with Crippen LogP contribution in [0.2, 0.25) is 0 Å². The molecule has 37 heavy (non-hydrogen) atoms. The molecule has 0 radical (unpaired) electrons. The minimum atomic E-state index is -1.22. The number of benzene rings is 1. The van der Waals surface area contributed by atoms with Crippen molar-refractivity contribution < 1.29 is 19.7 Å². The lowest BCUT2D eigenvalue weighted by Crippen LogP contribution is -2.06. The average molecular weight is 516 g/mol. The first-order chi connectivity index (χ1) is 17.5. The van der Waals surface area contributed by atoms with Crippen LogP contribution < -0.4 is 4.74 Å². The molecule has 2 N–H and O–H groups in total. The number of hydrogen-bond acceptors (Lipinski definition) is 4. The molecule has 5 heteroatoms. The number of carboxylic acids is 1. The Labute approximate surface area is 227 Å². The van der Waals surface area contributed by atoms with Crippen LogP contribution >= 0.6 is 0 Å². The Morgan fingerprint density at radius 1 is 0.973 bits per heavy atom. The monoisotopic (exact) mass is 515 g/mol. The summed E-state index contributed by atoms with van der Waals surface area (Å²) in [6, 6.07) is 7.69. The molecule has 0 heterocycles. The van der Waals surface area contributed by atoms with Crippen molar-refractivity contribution in [3.05, 3.63) is 71.0 Å². The summed E-state index contributed by atoms with van der Waals surface area (Å²) < 4.78 is 5.79. The molecule has 1 aromatic rings. The number of hydrogen-bond donors (Lipinski definition) is 2. The molecule has 0 aliphatic rings. The van der Waals surface area contributed by atoms with Crippen molar-refractivity contribution in [1.29, 1.82) is 0 Å². The van der Waals surface area contributed by atoms with Crippen molar-refractivity contribution in [1.82, 2.24) is 0 Å². The topological polar surface area (TPSA) is 79.1 Å². The van der Waals surface area contributed by atoms with Crippen LogP contribution in [0.5, 0.6) is 5.75 Å². The Morgan fingerprint density at radius 2 is 1.49 bits per heavy atom. The van der Waals surface area contributed by atoms with Gasteiger partial charge < -0.3 is 14.9 Å². The summed E-state index contributed by atoms with van der Waals surface area (Å²) in [4.78, 5) is 15.4. The normalized spacial score (nSPS) is 11.8. The molecule has 0 bridgehead atoms.